The summed E-state index contributed by atoms with van der Waals surface area (Å²) in [6.45, 7) is 4.43. The van der Waals surface area contributed by atoms with Gasteiger partial charge in [0.25, 0.3) is 11.6 Å². The lowest BCUT2D eigenvalue weighted by molar-refractivity contribution is -0.384. The summed E-state index contributed by atoms with van der Waals surface area (Å²) in [6.07, 6.45) is 0. The lowest BCUT2D eigenvalue weighted by Crippen LogP contribution is -2.26. The Morgan fingerprint density at radius 3 is 2.40 bits per heavy atom. The first-order chi connectivity index (χ1) is 19.2. The Morgan fingerprint density at radius 2 is 1.68 bits per heavy atom. The largest absolute Gasteiger partial charge is 0.478 e. The number of nitro groups is 1. The molecule has 0 unspecified atom stereocenters. The number of carbonyl (C=O) groups is 2. The van der Waals surface area contributed by atoms with Crippen molar-refractivity contribution in [2.45, 2.75) is 26.4 Å². The van der Waals surface area contributed by atoms with Crippen molar-refractivity contribution in [2.75, 3.05) is 0 Å². The Labute approximate surface area is 229 Å². The van der Waals surface area contributed by atoms with Gasteiger partial charge in [0.1, 0.15) is 0 Å². The molecule has 1 amide bonds. The summed E-state index contributed by atoms with van der Waals surface area (Å²) in [6, 6.07) is 24.8. The molecular weight excluding hydrogens is 506 g/mol. The number of aromatic nitrogens is 1. The molecule has 1 aliphatic heterocycles. The molecule has 1 aromatic heterocycles. The van der Waals surface area contributed by atoms with Crippen molar-refractivity contribution in [3.05, 3.63) is 123 Å². The van der Waals surface area contributed by atoms with Crippen molar-refractivity contribution in [3.63, 3.8) is 0 Å². The number of aryl methyl sites for hydroxylation is 1. The van der Waals surface area contributed by atoms with Crippen molar-refractivity contribution in [1.82, 2.24) is 9.88 Å². The van der Waals surface area contributed by atoms with E-state index in [1.807, 2.05) is 50.2 Å². The van der Waals surface area contributed by atoms with Gasteiger partial charge in [0, 0.05) is 35.1 Å². The molecule has 0 saturated heterocycles. The molecule has 8 heteroatoms. The number of nitrogens with zero attached hydrogens (tertiary/aromatic N) is 2. The summed E-state index contributed by atoms with van der Waals surface area (Å²) in [7, 11) is 0. The first kappa shape index (κ1) is 25.1. The van der Waals surface area contributed by atoms with Crippen LogP contribution >= 0.6 is 0 Å². The number of nitrogens with one attached hydrogen (secondary N) is 1. The van der Waals surface area contributed by atoms with Gasteiger partial charge in [-0.2, -0.15) is 0 Å². The molecule has 0 aliphatic carbocycles. The Morgan fingerprint density at radius 1 is 0.950 bits per heavy atom. The van der Waals surface area contributed by atoms with Gasteiger partial charge in [0.05, 0.1) is 22.2 Å². The Hall–Kier alpha value is -5.24. The number of fused-ring (bicyclic) bond motifs is 8. The minimum Gasteiger partial charge on any atom is -0.478 e. The lowest BCUT2D eigenvalue weighted by Gasteiger charge is -2.20. The van der Waals surface area contributed by atoms with Crippen LogP contribution in [0, 0.1) is 17.0 Å². The minimum absolute atomic E-state index is 0.00360. The van der Waals surface area contributed by atoms with Gasteiger partial charge in [-0.3, -0.25) is 14.9 Å². The molecule has 2 N–H and O–H groups in total. The van der Waals surface area contributed by atoms with Crippen LogP contribution in [-0.2, 0) is 6.54 Å². The molecule has 0 fully saturated rings. The number of benzene rings is 4. The summed E-state index contributed by atoms with van der Waals surface area (Å²) < 4.78 is 2.19. The normalized spacial score (nSPS) is 12.6. The summed E-state index contributed by atoms with van der Waals surface area (Å²) in [5.74, 6) is -1.24. The highest BCUT2D eigenvalue weighted by Crippen LogP contribution is 2.40. The maximum Gasteiger partial charge on any atom is 0.335 e. The molecule has 5 aromatic rings. The lowest BCUT2D eigenvalue weighted by atomic mass is 9.92. The van der Waals surface area contributed by atoms with Crippen LogP contribution in [0.1, 0.15) is 50.4 Å². The average Bonchev–Trinajstić information content (AvgIpc) is 3.22. The second-order valence-electron chi connectivity index (χ2n) is 10.1. The van der Waals surface area contributed by atoms with Crippen molar-refractivity contribution in [3.8, 4) is 22.4 Å². The molecule has 2 bridgehead atoms. The number of carboxylic acids is 1. The van der Waals surface area contributed by atoms with Gasteiger partial charge in [-0.1, -0.05) is 36.4 Å². The predicted octanol–water partition coefficient (Wildman–Crippen LogP) is 6.74. The van der Waals surface area contributed by atoms with Crippen LogP contribution < -0.4 is 5.32 Å². The van der Waals surface area contributed by atoms with Crippen molar-refractivity contribution in [2.24, 2.45) is 0 Å². The van der Waals surface area contributed by atoms with Crippen molar-refractivity contribution >= 4 is 28.5 Å². The van der Waals surface area contributed by atoms with E-state index < -0.39 is 10.9 Å². The fourth-order valence-corrected chi connectivity index (χ4v) is 5.60. The van der Waals surface area contributed by atoms with Crippen LogP contribution in [0.15, 0.2) is 84.9 Å². The molecule has 6 rings (SSSR count). The first-order valence-electron chi connectivity index (χ1n) is 12.9. The van der Waals surface area contributed by atoms with E-state index >= 15 is 0 Å². The smallest absolute Gasteiger partial charge is 0.335 e. The number of nitro benzene ring substituents is 1. The van der Waals surface area contributed by atoms with Crippen LogP contribution in [0.5, 0.6) is 0 Å². The number of carbonyl (C=O) groups excluding carboxylic acids is 1. The fraction of sp³-hybridized carbons (Fsp3) is 0.125. The molecule has 0 radical (unpaired) electrons. The van der Waals surface area contributed by atoms with Gasteiger partial charge in [0.2, 0.25) is 0 Å². The number of hydrogen-bond donors (Lipinski definition) is 2. The standard InChI is InChI=1S/C32H25N3O5/c1-18-28-16-21(31(36)33-19(2)20-7-10-26(11-8-20)35(39)40)9-12-29(28)34-17-22-5-3-4-6-27(22)23-13-24(30(18)34)15-25(14-23)32(37)38/h3-16,19H,17H2,1-2H3,(H,33,36)(H,37,38)/t19-/m0/s1. The Kier molecular flexibility index (Phi) is 5.95. The van der Waals surface area contributed by atoms with Crippen molar-refractivity contribution in [1.29, 1.82) is 0 Å². The Balaban J connectivity index is 1.41. The average molecular weight is 532 g/mol. The molecule has 40 heavy (non-hydrogen) atoms. The van der Waals surface area contributed by atoms with Gasteiger partial charge >= 0.3 is 5.97 Å². The molecule has 1 atom stereocenters. The van der Waals surface area contributed by atoms with E-state index in [-0.39, 0.29) is 23.2 Å². The van der Waals surface area contributed by atoms with Crippen LogP contribution in [0.4, 0.5) is 5.69 Å². The molecule has 0 saturated carbocycles. The molecule has 0 spiro atoms. The van der Waals surface area contributed by atoms with Crippen LogP contribution in [0.2, 0.25) is 0 Å². The monoisotopic (exact) mass is 531 g/mol. The van der Waals surface area contributed by atoms with Gasteiger partial charge in [-0.05, 0) is 83.6 Å². The minimum atomic E-state index is -0.984. The molecule has 4 aromatic carbocycles. The number of carboxylic acid groups (broad SMARTS) is 1. The summed E-state index contributed by atoms with van der Waals surface area (Å²) in [5.41, 5.74) is 8.05. The molecule has 8 nitrogen and oxygen atoms in total. The molecule has 1 aliphatic rings. The number of aromatic carboxylic acids is 1. The van der Waals surface area contributed by atoms with Crippen LogP contribution in [-0.4, -0.2) is 26.5 Å². The molecule has 198 valence electrons. The number of amides is 1. The zero-order valence-electron chi connectivity index (χ0n) is 21.8. The molecule has 2 heterocycles. The Bertz CT molecular complexity index is 1850. The zero-order valence-corrected chi connectivity index (χ0v) is 21.8. The SMILES string of the molecule is Cc1c2n(c3ccc(C(=O)N[C@@H](C)c4ccc([N+](=O)[O-])cc4)cc13)Cc1ccccc1-c1cc(C(=O)O)cc-2c1. The number of rotatable bonds is 5. The van der Waals surface area contributed by atoms with Gasteiger partial charge in [-0.15, -0.1) is 0 Å². The fourth-order valence-electron chi connectivity index (χ4n) is 5.60. The third kappa shape index (κ3) is 4.19. The van der Waals surface area contributed by atoms with E-state index in [9.17, 15) is 24.8 Å². The number of non-ortho nitro benzene ring substituents is 1. The number of hydrogen-bond acceptors (Lipinski definition) is 4. The van der Waals surface area contributed by atoms with E-state index in [1.165, 1.54) is 12.1 Å². The van der Waals surface area contributed by atoms with E-state index in [0.717, 1.165) is 50.0 Å². The topological polar surface area (TPSA) is 114 Å². The first-order valence-corrected chi connectivity index (χ1v) is 12.9. The summed E-state index contributed by atoms with van der Waals surface area (Å²) in [4.78, 5) is 35.7. The van der Waals surface area contributed by atoms with Gasteiger partial charge in [0.15, 0.2) is 0 Å². The van der Waals surface area contributed by atoms with Crippen molar-refractivity contribution < 1.29 is 19.6 Å². The second-order valence-corrected chi connectivity index (χ2v) is 10.1. The second kappa shape index (κ2) is 9.50. The molecular formula is C32H25N3O5. The van der Waals surface area contributed by atoms with Crippen LogP contribution in [0.3, 0.4) is 0 Å². The van der Waals surface area contributed by atoms with Gasteiger partial charge < -0.3 is 15.0 Å². The summed E-state index contributed by atoms with van der Waals surface area (Å²) >= 11 is 0. The predicted molar refractivity (Wildman–Crippen MR) is 153 cm³/mol. The van der Waals surface area contributed by atoms with E-state index in [4.69, 9.17) is 0 Å². The quantitative estimate of drug-likeness (QED) is 0.189. The highest BCUT2D eigenvalue weighted by atomic mass is 16.6. The van der Waals surface area contributed by atoms with Crippen LogP contribution in [0.25, 0.3) is 33.3 Å². The zero-order chi connectivity index (χ0) is 28.1. The maximum atomic E-state index is 13.2. The van der Waals surface area contributed by atoms with Gasteiger partial charge in [-0.25, -0.2) is 4.79 Å². The highest BCUT2D eigenvalue weighted by molar-refractivity contribution is 6.02. The van der Waals surface area contributed by atoms with E-state index in [2.05, 4.69) is 16.0 Å². The maximum absolute atomic E-state index is 13.2. The van der Waals surface area contributed by atoms with E-state index in [0.29, 0.717) is 12.1 Å². The third-order valence-electron chi connectivity index (χ3n) is 7.64. The summed E-state index contributed by atoms with van der Waals surface area (Å²) in [5, 5.41) is 24.7. The third-order valence-corrected chi connectivity index (χ3v) is 7.64. The van der Waals surface area contributed by atoms with E-state index in [1.54, 1.807) is 30.3 Å². The highest BCUT2D eigenvalue weighted by Gasteiger charge is 2.23.